The van der Waals surface area contributed by atoms with Crippen molar-refractivity contribution in [2.75, 3.05) is 13.1 Å². The molecule has 4 nitrogen and oxygen atoms in total. The number of hydrogen-bond acceptors (Lipinski definition) is 3. The molecular formula is C15H27NO3. The first-order chi connectivity index (χ1) is 9.00. The maximum Gasteiger partial charge on any atom is 0.225 e. The Bertz CT molecular complexity index is 311. The maximum absolute atomic E-state index is 12.3. The highest BCUT2D eigenvalue weighted by atomic mass is 16.3. The van der Waals surface area contributed by atoms with Crippen LogP contribution in [0.1, 0.15) is 58.3 Å². The van der Waals surface area contributed by atoms with Gasteiger partial charge < -0.3 is 15.1 Å². The van der Waals surface area contributed by atoms with Crippen molar-refractivity contribution < 1.29 is 15.0 Å². The molecule has 2 N–H and O–H groups in total. The molecule has 1 aliphatic carbocycles. The van der Waals surface area contributed by atoms with Gasteiger partial charge in [0.15, 0.2) is 0 Å². The fourth-order valence-electron chi connectivity index (χ4n) is 3.41. The number of rotatable bonds is 3. The Morgan fingerprint density at radius 3 is 2.63 bits per heavy atom. The minimum atomic E-state index is -0.771. The fourth-order valence-corrected chi connectivity index (χ4v) is 3.41. The molecule has 2 atom stereocenters. The molecule has 2 rings (SSSR count). The Morgan fingerprint density at radius 1 is 1.32 bits per heavy atom. The number of nitrogens with zero attached hydrogens (tertiary/aromatic N) is 1. The molecule has 1 aliphatic heterocycles. The van der Waals surface area contributed by atoms with Crippen molar-refractivity contribution in [2.45, 2.75) is 70.0 Å². The van der Waals surface area contributed by atoms with Crippen LogP contribution < -0.4 is 0 Å². The zero-order valence-corrected chi connectivity index (χ0v) is 12.0. The van der Waals surface area contributed by atoms with E-state index in [4.69, 9.17) is 0 Å². The van der Waals surface area contributed by atoms with Crippen molar-refractivity contribution in [1.29, 1.82) is 0 Å². The Balaban J connectivity index is 1.88. The number of amides is 1. The van der Waals surface area contributed by atoms with E-state index in [-0.39, 0.29) is 24.3 Å². The third kappa shape index (κ3) is 3.93. The summed E-state index contributed by atoms with van der Waals surface area (Å²) in [6.45, 7) is 3.22. The highest BCUT2D eigenvalue weighted by Crippen LogP contribution is 2.32. The zero-order valence-electron chi connectivity index (χ0n) is 12.0. The van der Waals surface area contributed by atoms with Crippen molar-refractivity contribution in [2.24, 2.45) is 5.92 Å². The summed E-state index contributed by atoms with van der Waals surface area (Å²) in [5.74, 6) is 0.258. The molecule has 2 aliphatic rings. The van der Waals surface area contributed by atoms with Crippen molar-refractivity contribution in [3.05, 3.63) is 0 Å². The lowest BCUT2D eigenvalue weighted by atomic mass is 9.82. The Hall–Kier alpha value is -0.610. The van der Waals surface area contributed by atoms with Crippen LogP contribution in [0.4, 0.5) is 0 Å². The first kappa shape index (κ1) is 14.8. The van der Waals surface area contributed by atoms with Gasteiger partial charge in [-0.3, -0.25) is 4.79 Å². The topological polar surface area (TPSA) is 60.8 Å². The van der Waals surface area contributed by atoms with Gasteiger partial charge in [-0.25, -0.2) is 0 Å². The molecule has 2 fully saturated rings. The number of aliphatic hydroxyl groups excluding tert-OH is 1. The monoisotopic (exact) mass is 269 g/mol. The van der Waals surface area contributed by atoms with Gasteiger partial charge >= 0.3 is 0 Å². The molecule has 2 unspecified atom stereocenters. The first-order valence-corrected chi connectivity index (χ1v) is 7.68. The van der Waals surface area contributed by atoms with E-state index < -0.39 is 5.60 Å². The van der Waals surface area contributed by atoms with Gasteiger partial charge in [-0.15, -0.1) is 0 Å². The van der Waals surface area contributed by atoms with Gasteiger partial charge in [-0.1, -0.05) is 19.3 Å². The molecule has 0 aromatic rings. The summed E-state index contributed by atoms with van der Waals surface area (Å²) in [5, 5.41) is 20.1. The van der Waals surface area contributed by atoms with Crippen LogP contribution in [0.15, 0.2) is 0 Å². The summed E-state index contributed by atoms with van der Waals surface area (Å²) >= 11 is 0. The quantitative estimate of drug-likeness (QED) is 0.819. The van der Waals surface area contributed by atoms with Crippen molar-refractivity contribution in [3.8, 4) is 0 Å². The van der Waals surface area contributed by atoms with Gasteiger partial charge in [0.25, 0.3) is 0 Å². The third-order valence-electron chi connectivity index (χ3n) is 4.76. The van der Waals surface area contributed by atoms with E-state index >= 15 is 0 Å². The van der Waals surface area contributed by atoms with E-state index in [0.29, 0.717) is 6.54 Å². The van der Waals surface area contributed by atoms with E-state index in [2.05, 4.69) is 0 Å². The average Bonchev–Trinajstić information content (AvgIpc) is 2.39. The smallest absolute Gasteiger partial charge is 0.225 e. The van der Waals surface area contributed by atoms with Gasteiger partial charge in [0.1, 0.15) is 0 Å². The number of carbonyl (C=O) groups is 1. The van der Waals surface area contributed by atoms with E-state index in [9.17, 15) is 15.0 Å². The van der Waals surface area contributed by atoms with Crippen molar-refractivity contribution >= 4 is 5.91 Å². The standard InChI is InChI=1S/C15H27NO3/c1-12(17)13-6-5-9-16(11-13)14(18)10-15(19)7-3-2-4-8-15/h12-13,17,19H,2-11H2,1H3. The molecular weight excluding hydrogens is 242 g/mol. The second kappa shape index (κ2) is 6.23. The van der Waals surface area contributed by atoms with E-state index in [1.54, 1.807) is 6.92 Å². The van der Waals surface area contributed by atoms with E-state index in [1.807, 2.05) is 4.90 Å². The van der Waals surface area contributed by atoms with Gasteiger partial charge in [0.2, 0.25) is 5.91 Å². The average molecular weight is 269 g/mol. The molecule has 0 spiro atoms. The van der Waals surface area contributed by atoms with Crippen LogP contribution in [-0.2, 0) is 4.79 Å². The molecule has 0 aromatic heterocycles. The predicted molar refractivity (Wildman–Crippen MR) is 73.6 cm³/mol. The predicted octanol–water partition coefficient (Wildman–Crippen LogP) is 1.69. The van der Waals surface area contributed by atoms with Gasteiger partial charge in [-0.2, -0.15) is 0 Å². The largest absolute Gasteiger partial charge is 0.393 e. The van der Waals surface area contributed by atoms with Gasteiger partial charge in [0.05, 0.1) is 18.1 Å². The highest BCUT2D eigenvalue weighted by Gasteiger charge is 2.35. The molecule has 4 heteroatoms. The number of piperidine rings is 1. The minimum absolute atomic E-state index is 0.0646. The van der Waals surface area contributed by atoms with Crippen LogP contribution in [-0.4, -0.2) is 45.8 Å². The molecule has 1 saturated heterocycles. The van der Waals surface area contributed by atoms with Crippen LogP contribution in [0.2, 0.25) is 0 Å². The lowest BCUT2D eigenvalue weighted by Crippen LogP contribution is -2.46. The molecule has 19 heavy (non-hydrogen) atoms. The molecule has 1 amide bonds. The van der Waals surface area contributed by atoms with Gasteiger partial charge in [0, 0.05) is 19.0 Å². The summed E-state index contributed by atoms with van der Waals surface area (Å²) in [5.41, 5.74) is -0.771. The lowest BCUT2D eigenvalue weighted by Gasteiger charge is -2.37. The summed E-state index contributed by atoms with van der Waals surface area (Å²) < 4.78 is 0. The van der Waals surface area contributed by atoms with Crippen LogP contribution in [0, 0.1) is 5.92 Å². The van der Waals surface area contributed by atoms with Crippen LogP contribution in [0.5, 0.6) is 0 Å². The second-order valence-electron chi connectivity index (χ2n) is 6.44. The van der Waals surface area contributed by atoms with Crippen LogP contribution in [0.25, 0.3) is 0 Å². The SMILES string of the molecule is CC(O)C1CCCN(C(=O)CC2(O)CCCCC2)C1. The van der Waals surface area contributed by atoms with Gasteiger partial charge in [-0.05, 0) is 32.6 Å². The Labute approximate surface area is 115 Å². The summed E-state index contributed by atoms with van der Waals surface area (Å²) in [6.07, 6.45) is 6.60. The maximum atomic E-state index is 12.3. The highest BCUT2D eigenvalue weighted by molar-refractivity contribution is 5.77. The number of likely N-dealkylation sites (tertiary alicyclic amines) is 1. The number of carbonyl (C=O) groups excluding carboxylic acids is 1. The fraction of sp³-hybridized carbons (Fsp3) is 0.933. The lowest BCUT2D eigenvalue weighted by molar-refractivity contribution is -0.140. The van der Waals surface area contributed by atoms with E-state index in [0.717, 1.165) is 45.1 Å². The summed E-state index contributed by atoms with van der Waals surface area (Å²) in [4.78, 5) is 14.2. The summed E-state index contributed by atoms with van der Waals surface area (Å²) in [7, 11) is 0. The number of aliphatic hydroxyl groups is 2. The molecule has 0 bridgehead atoms. The molecule has 110 valence electrons. The number of hydrogen-bond donors (Lipinski definition) is 2. The Morgan fingerprint density at radius 2 is 2.00 bits per heavy atom. The van der Waals surface area contributed by atoms with Crippen LogP contribution in [0.3, 0.4) is 0 Å². The normalized spacial score (nSPS) is 29.0. The minimum Gasteiger partial charge on any atom is -0.393 e. The zero-order chi connectivity index (χ0) is 13.9. The molecule has 0 radical (unpaired) electrons. The first-order valence-electron chi connectivity index (χ1n) is 7.68. The second-order valence-corrected chi connectivity index (χ2v) is 6.44. The molecule has 1 heterocycles. The third-order valence-corrected chi connectivity index (χ3v) is 4.76. The van der Waals surface area contributed by atoms with Crippen molar-refractivity contribution in [1.82, 2.24) is 4.90 Å². The van der Waals surface area contributed by atoms with E-state index in [1.165, 1.54) is 6.42 Å². The summed E-state index contributed by atoms with van der Waals surface area (Å²) in [6, 6.07) is 0. The van der Waals surface area contributed by atoms with Crippen LogP contribution >= 0.6 is 0 Å². The molecule has 1 saturated carbocycles. The molecule has 0 aromatic carbocycles. The Kier molecular flexibility index (Phi) is 4.85. The van der Waals surface area contributed by atoms with Crippen molar-refractivity contribution in [3.63, 3.8) is 0 Å².